The van der Waals surface area contributed by atoms with Gasteiger partial charge in [-0.1, -0.05) is 29.3 Å². The van der Waals surface area contributed by atoms with Gasteiger partial charge in [0.15, 0.2) is 5.78 Å². The maximum Gasteiger partial charge on any atom is 0.231 e. The Hall–Kier alpha value is -2.45. The molecule has 0 radical (unpaired) electrons. The fourth-order valence-corrected chi connectivity index (χ4v) is 5.10. The smallest absolute Gasteiger partial charge is 0.231 e. The first kappa shape index (κ1) is 25.6. The van der Waals surface area contributed by atoms with Gasteiger partial charge in [0.05, 0.1) is 21.7 Å². The van der Waals surface area contributed by atoms with Crippen LogP contribution in [0.15, 0.2) is 48.5 Å². The lowest BCUT2D eigenvalue weighted by molar-refractivity contribution is -0.117. The molecule has 3 aromatic carbocycles. The zero-order valence-electron chi connectivity index (χ0n) is 17.5. The molecule has 0 unspecified atom stereocenters. The van der Waals surface area contributed by atoms with Crippen LogP contribution in [0.5, 0.6) is 0 Å². The van der Waals surface area contributed by atoms with E-state index in [2.05, 4.69) is 5.32 Å². The van der Waals surface area contributed by atoms with Gasteiger partial charge in [-0.05, 0) is 47.5 Å². The number of nitrogens with two attached hydrogens (primary N) is 1. The van der Waals surface area contributed by atoms with Crippen LogP contribution >= 0.6 is 46.4 Å². The average molecular weight is 562 g/mol. The number of carbonyl (C=O) groups excluding carboxylic acids is 2. The number of rotatable bonds is 6. The highest BCUT2D eigenvalue weighted by Crippen LogP contribution is 2.65. The number of ketones is 1. The third-order valence-corrected chi connectivity index (χ3v) is 7.26. The molecule has 0 aromatic heterocycles. The summed E-state index contributed by atoms with van der Waals surface area (Å²) in [6.07, 6.45) is -0.417. The van der Waals surface area contributed by atoms with E-state index in [1.165, 1.54) is 30.3 Å². The van der Waals surface area contributed by atoms with Crippen molar-refractivity contribution in [3.05, 3.63) is 92.7 Å². The van der Waals surface area contributed by atoms with Gasteiger partial charge in [-0.15, -0.1) is 23.2 Å². The van der Waals surface area contributed by atoms with E-state index in [0.29, 0.717) is 11.6 Å². The molecule has 3 aromatic rings. The molecule has 1 amide bonds. The fourth-order valence-electron chi connectivity index (χ4n) is 3.86. The molecule has 0 bridgehead atoms. The van der Waals surface area contributed by atoms with Crippen LogP contribution in [0.1, 0.15) is 27.4 Å². The maximum absolute atomic E-state index is 13.7. The Labute approximate surface area is 218 Å². The summed E-state index contributed by atoms with van der Waals surface area (Å²) in [6.45, 7) is 0. The number of hydrogen-bond donors (Lipinski definition) is 2. The summed E-state index contributed by atoms with van der Waals surface area (Å²) in [4.78, 5) is 25.7. The molecular weight excluding hydrogens is 547 g/mol. The van der Waals surface area contributed by atoms with Gasteiger partial charge in [0.25, 0.3) is 0 Å². The molecule has 0 aliphatic heterocycles. The van der Waals surface area contributed by atoms with Gasteiger partial charge in [0, 0.05) is 29.7 Å². The molecule has 1 aliphatic rings. The van der Waals surface area contributed by atoms with Gasteiger partial charge in [-0.2, -0.15) is 0 Å². The van der Waals surface area contributed by atoms with Crippen molar-refractivity contribution in [1.82, 2.24) is 0 Å². The number of nitrogens with one attached hydrogen (secondary N) is 1. The Balaban J connectivity index is 1.52. The summed E-state index contributed by atoms with van der Waals surface area (Å²) in [5.74, 6) is -5.10. The SMILES string of the molecule is Nc1c(F)cc(F)cc1CC(=O)c1cc(NC(=O)[C@H]2[C@H](c3ccc(F)c(Cl)c3)C2(Cl)Cl)ccc1Cl. The molecule has 2 atom stereocenters. The summed E-state index contributed by atoms with van der Waals surface area (Å²) >= 11 is 24.6. The van der Waals surface area contributed by atoms with Crippen LogP contribution in [0.4, 0.5) is 24.5 Å². The molecule has 3 N–H and O–H groups in total. The van der Waals surface area contributed by atoms with Crippen molar-refractivity contribution in [1.29, 1.82) is 0 Å². The van der Waals surface area contributed by atoms with Gasteiger partial charge in [-0.25, -0.2) is 13.2 Å². The van der Waals surface area contributed by atoms with Gasteiger partial charge in [-0.3, -0.25) is 9.59 Å². The molecule has 4 rings (SSSR count). The molecule has 1 aliphatic carbocycles. The number of anilines is 2. The van der Waals surface area contributed by atoms with Crippen molar-refractivity contribution in [3.8, 4) is 0 Å². The maximum atomic E-state index is 13.7. The van der Waals surface area contributed by atoms with Crippen molar-refractivity contribution in [2.45, 2.75) is 16.7 Å². The predicted molar refractivity (Wildman–Crippen MR) is 131 cm³/mol. The number of amides is 1. The number of carbonyl (C=O) groups is 2. The van der Waals surface area contributed by atoms with Crippen molar-refractivity contribution >= 4 is 69.5 Å². The molecule has 1 fully saturated rings. The molecule has 0 spiro atoms. The van der Waals surface area contributed by atoms with E-state index >= 15 is 0 Å². The Morgan fingerprint density at radius 2 is 1.66 bits per heavy atom. The minimum atomic E-state index is -1.45. The topological polar surface area (TPSA) is 72.2 Å². The van der Waals surface area contributed by atoms with E-state index in [4.69, 9.17) is 52.1 Å². The number of alkyl halides is 2. The molecule has 0 heterocycles. The quantitative estimate of drug-likeness (QED) is 0.194. The van der Waals surface area contributed by atoms with Crippen molar-refractivity contribution < 1.29 is 22.8 Å². The first-order valence-corrected chi connectivity index (χ1v) is 11.6. The van der Waals surface area contributed by atoms with Gasteiger partial charge < -0.3 is 11.1 Å². The third-order valence-electron chi connectivity index (χ3n) is 5.70. The van der Waals surface area contributed by atoms with Crippen molar-refractivity contribution in [2.75, 3.05) is 11.1 Å². The van der Waals surface area contributed by atoms with E-state index in [-0.39, 0.29) is 32.5 Å². The van der Waals surface area contributed by atoms with Crippen LogP contribution in [0.3, 0.4) is 0 Å². The van der Waals surface area contributed by atoms with Crippen LogP contribution < -0.4 is 11.1 Å². The van der Waals surface area contributed by atoms with Crippen LogP contribution in [0, 0.1) is 23.4 Å². The minimum Gasteiger partial charge on any atom is -0.396 e. The molecule has 11 heteroatoms. The van der Waals surface area contributed by atoms with Gasteiger partial charge in [0.1, 0.15) is 21.8 Å². The van der Waals surface area contributed by atoms with E-state index in [1.54, 1.807) is 0 Å². The fraction of sp³-hybridized carbons (Fsp3) is 0.167. The first-order chi connectivity index (χ1) is 16.4. The largest absolute Gasteiger partial charge is 0.396 e. The molecule has 4 nitrogen and oxygen atoms in total. The lowest BCUT2D eigenvalue weighted by Gasteiger charge is -2.11. The van der Waals surface area contributed by atoms with Gasteiger partial charge in [0.2, 0.25) is 5.91 Å². The van der Waals surface area contributed by atoms with Crippen molar-refractivity contribution in [2.24, 2.45) is 5.92 Å². The second kappa shape index (κ2) is 9.54. The average Bonchev–Trinajstić information content (AvgIpc) is 3.36. The molecule has 35 heavy (non-hydrogen) atoms. The zero-order chi connectivity index (χ0) is 25.7. The summed E-state index contributed by atoms with van der Waals surface area (Å²) in [7, 11) is 0. The number of nitrogen functional groups attached to an aromatic ring is 1. The van der Waals surface area contributed by atoms with E-state index in [0.717, 1.165) is 12.1 Å². The lowest BCUT2D eigenvalue weighted by Crippen LogP contribution is -2.17. The van der Waals surface area contributed by atoms with E-state index < -0.39 is 51.7 Å². The number of Topliss-reactive ketones (excluding diaryl/α,β-unsaturated/α-hetero) is 1. The Bertz CT molecular complexity index is 1370. The highest BCUT2D eigenvalue weighted by molar-refractivity contribution is 6.53. The Morgan fingerprint density at radius 1 is 0.943 bits per heavy atom. The minimum absolute atomic E-state index is 0.00853. The zero-order valence-corrected chi connectivity index (χ0v) is 20.5. The third kappa shape index (κ3) is 5.09. The predicted octanol–water partition coefficient (Wildman–Crippen LogP) is 6.94. The summed E-state index contributed by atoms with van der Waals surface area (Å²) in [5, 5.41) is 2.57. The van der Waals surface area contributed by atoms with E-state index in [1.807, 2.05) is 0 Å². The summed E-state index contributed by atoms with van der Waals surface area (Å²) < 4.78 is 39.3. The number of hydrogen-bond acceptors (Lipinski definition) is 3. The normalized spacial score (nSPS) is 18.3. The highest BCUT2D eigenvalue weighted by atomic mass is 35.5. The highest BCUT2D eigenvalue weighted by Gasteiger charge is 2.67. The molecule has 0 saturated heterocycles. The Kier molecular flexibility index (Phi) is 6.99. The van der Waals surface area contributed by atoms with Crippen LogP contribution in [0.25, 0.3) is 0 Å². The Morgan fingerprint density at radius 3 is 2.34 bits per heavy atom. The van der Waals surface area contributed by atoms with E-state index in [9.17, 15) is 22.8 Å². The monoisotopic (exact) mass is 560 g/mol. The second-order valence-electron chi connectivity index (χ2n) is 8.05. The summed E-state index contributed by atoms with van der Waals surface area (Å²) in [5.41, 5.74) is 5.95. The van der Waals surface area contributed by atoms with Crippen LogP contribution in [0.2, 0.25) is 10.0 Å². The summed E-state index contributed by atoms with van der Waals surface area (Å²) in [6, 6.07) is 9.71. The van der Waals surface area contributed by atoms with Gasteiger partial charge >= 0.3 is 0 Å². The van der Waals surface area contributed by atoms with Crippen LogP contribution in [-0.4, -0.2) is 16.0 Å². The standard InChI is InChI=1S/C24H15Cl4F3N2O2/c25-15-3-2-13(9-14(15)19(34)7-11-5-12(29)8-18(31)22(11)32)33-23(35)21-20(24(21,27)28)10-1-4-17(30)16(26)6-10/h1-6,8-9,20-21H,7,32H2,(H,33,35)/t20-,21+/m0/s1. The molecule has 182 valence electrons. The second-order valence-corrected chi connectivity index (χ2v) is 10.3. The van der Waals surface area contributed by atoms with Crippen molar-refractivity contribution in [3.63, 3.8) is 0 Å². The molecule has 1 saturated carbocycles. The lowest BCUT2D eigenvalue weighted by atomic mass is 10.0. The number of benzene rings is 3. The molecular formula is C24H15Cl4F3N2O2. The van der Waals surface area contributed by atoms with Crippen LogP contribution in [-0.2, 0) is 11.2 Å². The number of halogens is 7. The first-order valence-electron chi connectivity index (χ1n) is 10.1.